The molecule has 1 amide bonds. The van der Waals surface area contributed by atoms with Gasteiger partial charge >= 0.3 is 0 Å². The third-order valence-corrected chi connectivity index (χ3v) is 3.22. The summed E-state index contributed by atoms with van der Waals surface area (Å²) in [5.41, 5.74) is 0.565. The first-order chi connectivity index (χ1) is 9.19. The Balaban J connectivity index is 1.94. The molecule has 2 heterocycles. The van der Waals surface area contributed by atoms with Gasteiger partial charge in [-0.2, -0.15) is 0 Å². The van der Waals surface area contributed by atoms with Gasteiger partial charge in [0.25, 0.3) is 5.91 Å². The molecule has 0 spiro atoms. The number of nitrogens with one attached hydrogen (secondary N) is 1. The van der Waals surface area contributed by atoms with Crippen LogP contribution in [0.4, 0.5) is 0 Å². The molecule has 0 unspecified atom stereocenters. The van der Waals surface area contributed by atoms with Gasteiger partial charge in [0.2, 0.25) is 0 Å². The Kier molecular flexibility index (Phi) is 4.39. The number of thiophene rings is 1. The van der Waals surface area contributed by atoms with Crippen molar-refractivity contribution in [1.29, 1.82) is 0 Å². The van der Waals surface area contributed by atoms with Crippen LogP contribution < -0.4 is 5.32 Å². The van der Waals surface area contributed by atoms with Gasteiger partial charge in [0, 0.05) is 5.38 Å². The predicted octanol–water partition coefficient (Wildman–Crippen LogP) is 1.92. The van der Waals surface area contributed by atoms with Crippen LogP contribution >= 0.6 is 11.3 Å². The summed E-state index contributed by atoms with van der Waals surface area (Å²) in [7, 11) is 0. The normalized spacial score (nSPS) is 9.79. The lowest BCUT2D eigenvalue weighted by Crippen LogP contribution is -2.21. The van der Waals surface area contributed by atoms with E-state index < -0.39 is 0 Å². The zero-order valence-electron chi connectivity index (χ0n) is 10.4. The minimum atomic E-state index is -0.183. The molecular weight excluding hydrogens is 262 g/mol. The fourth-order valence-electron chi connectivity index (χ4n) is 1.50. The molecule has 0 aliphatic rings. The van der Waals surface area contributed by atoms with E-state index in [-0.39, 0.29) is 12.5 Å². The van der Waals surface area contributed by atoms with Crippen molar-refractivity contribution in [2.24, 2.45) is 0 Å². The summed E-state index contributed by atoms with van der Waals surface area (Å²) < 4.78 is 5.37. The average molecular weight is 275 g/mol. The van der Waals surface area contributed by atoms with Crippen molar-refractivity contribution in [3.05, 3.63) is 45.5 Å². The SMILES string of the molecule is Cc1ccc(CNC(=O)c2csc(C#CCO)c2)o1. The molecule has 0 bridgehead atoms. The molecule has 4 nitrogen and oxygen atoms in total. The lowest BCUT2D eigenvalue weighted by Gasteiger charge is -2.00. The topological polar surface area (TPSA) is 62.5 Å². The highest BCUT2D eigenvalue weighted by atomic mass is 32.1. The molecule has 0 fully saturated rings. The Labute approximate surface area is 115 Å². The zero-order valence-corrected chi connectivity index (χ0v) is 11.2. The first kappa shape index (κ1) is 13.4. The number of aliphatic hydroxyl groups is 1. The van der Waals surface area contributed by atoms with Crippen LogP contribution in [0.2, 0.25) is 0 Å². The predicted molar refractivity (Wildman–Crippen MR) is 72.9 cm³/mol. The second-order valence-electron chi connectivity index (χ2n) is 3.85. The molecule has 2 aromatic heterocycles. The highest BCUT2D eigenvalue weighted by Crippen LogP contribution is 2.13. The maximum absolute atomic E-state index is 11.9. The lowest BCUT2D eigenvalue weighted by atomic mass is 10.3. The zero-order chi connectivity index (χ0) is 13.7. The molecule has 0 atom stereocenters. The number of carbonyl (C=O) groups excluding carboxylic acids is 1. The van der Waals surface area contributed by atoms with E-state index in [0.717, 1.165) is 16.4 Å². The molecule has 5 heteroatoms. The van der Waals surface area contributed by atoms with Crippen LogP contribution in [0.15, 0.2) is 28.0 Å². The molecule has 0 aliphatic carbocycles. The summed E-state index contributed by atoms with van der Waals surface area (Å²) in [6.07, 6.45) is 0. The summed E-state index contributed by atoms with van der Waals surface area (Å²) >= 11 is 1.37. The highest BCUT2D eigenvalue weighted by molar-refractivity contribution is 7.10. The first-order valence-electron chi connectivity index (χ1n) is 5.71. The number of aryl methyl sites for hydroxylation is 1. The van der Waals surface area contributed by atoms with Gasteiger partial charge in [-0.05, 0) is 25.1 Å². The molecule has 2 rings (SSSR count). The molecule has 2 aromatic rings. The summed E-state index contributed by atoms with van der Waals surface area (Å²) in [5, 5.41) is 13.1. The molecule has 19 heavy (non-hydrogen) atoms. The van der Waals surface area contributed by atoms with Crippen molar-refractivity contribution in [2.75, 3.05) is 6.61 Å². The number of amides is 1. The van der Waals surface area contributed by atoms with E-state index in [9.17, 15) is 4.79 Å². The smallest absolute Gasteiger partial charge is 0.252 e. The molecule has 98 valence electrons. The van der Waals surface area contributed by atoms with Crippen molar-refractivity contribution in [2.45, 2.75) is 13.5 Å². The highest BCUT2D eigenvalue weighted by Gasteiger charge is 2.08. The number of aliphatic hydroxyl groups excluding tert-OH is 1. The van der Waals surface area contributed by atoms with Crippen molar-refractivity contribution in [3.63, 3.8) is 0 Å². The number of hydrogen-bond acceptors (Lipinski definition) is 4. The van der Waals surface area contributed by atoms with Crippen molar-refractivity contribution >= 4 is 17.2 Å². The summed E-state index contributed by atoms with van der Waals surface area (Å²) in [5.74, 6) is 6.69. The second kappa shape index (κ2) is 6.23. The van der Waals surface area contributed by atoms with E-state index in [0.29, 0.717) is 12.1 Å². The number of furan rings is 1. The monoisotopic (exact) mass is 275 g/mol. The van der Waals surface area contributed by atoms with Crippen LogP contribution in [-0.2, 0) is 6.54 Å². The van der Waals surface area contributed by atoms with Gasteiger partial charge in [0.15, 0.2) is 0 Å². The second-order valence-corrected chi connectivity index (χ2v) is 4.77. The van der Waals surface area contributed by atoms with Gasteiger partial charge in [-0.3, -0.25) is 4.79 Å². The van der Waals surface area contributed by atoms with Crippen LogP contribution in [0.5, 0.6) is 0 Å². The first-order valence-corrected chi connectivity index (χ1v) is 6.59. The van der Waals surface area contributed by atoms with Crippen molar-refractivity contribution < 1.29 is 14.3 Å². The minimum absolute atomic E-state index is 0.164. The van der Waals surface area contributed by atoms with E-state index in [2.05, 4.69) is 17.2 Å². The Morgan fingerprint density at radius 2 is 2.37 bits per heavy atom. The molecule has 0 aliphatic heterocycles. The fourth-order valence-corrected chi connectivity index (χ4v) is 2.25. The quantitative estimate of drug-likeness (QED) is 0.841. The summed E-state index contributed by atoms with van der Waals surface area (Å²) in [6, 6.07) is 5.39. The van der Waals surface area contributed by atoms with Crippen LogP contribution in [0.3, 0.4) is 0 Å². The Bertz CT molecular complexity index is 630. The van der Waals surface area contributed by atoms with E-state index in [4.69, 9.17) is 9.52 Å². The van der Waals surface area contributed by atoms with Gasteiger partial charge in [-0.25, -0.2) is 0 Å². The van der Waals surface area contributed by atoms with Gasteiger partial charge in [-0.15, -0.1) is 11.3 Å². The van der Waals surface area contributed by atoms with Crippen LogP contribution in [0.25, 0.3) is 0 Å². The van der Waals surface area contributed by atoms with Crippen LogP contribution in [0.1, 0.15) is 26.8 Å². The molecule has 2 N–H and O–H groups in total. The van der Waals surface area contributed by atoms with Crippen molar-refractivity contribution in [3.8, 4) is 11.8 Å². The standard InChI is InChI=1S/C14H13NO3S/c1-10-4-5-12(18-10)8-15-14(17)11-7-13(19-9-11)3-2-6-16/h4-5,7,9,16H,6,8H2,1H3,(H,15,17). The molecule has 0 radical (unpaired) electrons. The maximum Gasteiger partial charge on any atom is 0.252 e. The Morgan fingerprint density at radius 3 is 3.05 bits per heavy atom. The molecule has 0 aromatic carbocycles. The van der Waals surface area contributed by atoms with Crippen LogP contribution in [0, 0.1) is 18.8 Å². The maximum atomic E-state index is 11.9. The van der Waals surface area contributed by atoms with Gasteiger partial charge < -0.3 is 14.8 Å². The minimum Gasteiger partial charge on any atom is -0.465 e. The number of rotatable bonds is 3. The number of hydrogen-bond donors (Lipinski definition) is 2. The molecule has 0 saturated heterocycles. The Hall–Kier alpha value is -2.03. The molecule has 0 saturated carbocycles. The van der Waals surface area contributed by atoms with Gasteiger partial charge in [0.05, 0.1) is 17.0 Å². The molecular formula is C14H13NO3S. The van der Waals surface area contributed by atoms with E-state index in [1.54, 1.807) is 11.4 Å². The average Bonchev–Trinajstić information content (AvgIpc) is 3.02. The van der Waals surface area contributed by atoms with Crippen molar-refractivity contribution in [1.82, 2.24) is 5.32 Å². The van der Waals surface area contributed by atoms with Gasteiger partial charge in [-0.1, -0.05) is 11.8 Å². The lowest BCUT2D eigenvalue weighted by molar-refractivity contribution is 0.0948. The fraction of sp³-hybridized carbons (Fsp3) is 0.214. The van der Waals surface area contributed by atoms with E-state index >= 15 is 0 Å². The van der Waals surface area contributed by atoms with E-state index in [1.807, 2.05) is 19.1 Å². The number of carbonyl (C=O) groups is 1. The van der Waals surface area contributed by atoms with Crippen LogP contribution in [-0.4, -0.2) is 17.6 Å². The largest absolute Gasteiger partial charge is 0.465 e. The van der Waals surface area contributed by atoms with E-state index in [1.165, 1.54) is 11.3 Å². The third-order valence-electron chi connectivity index (χ3n) is 2.37. The van der Waals surface area contributed by atoms with Gasteiger partial charge in [0.1, 0.15) is 18.1 Å². The summed E-state index contributed by atoms with van der Waals surface area (Å²) in [4.78, 5) is 12.6. The Morgan fingerprint density at radius 1 is 1.53 bits per heavy atom. The summed E-state index contributed by atoms with van der Waals surface area (Å²) in [6.45, 7) is 2.04. The third kappa shape index (κ3) is 3.71.